The van der Waals surface area contributed by atoms with Gasteiger partial charge in [0, 0.05) is 21.1 Å². The van der Waals surface area contributed by atoms with E-state index in [-0.39, 0.29) is 17.6 Å². The average Bonchev–Trinajstić information content (AvgIpc) is 2.33. The van der Waals surface area contributed by atoms with Crippen molar-refractivity contribution in [3.05, 3.63) is 28.2 Å². The van der Waals surface area contributed by atoms with E-state index < -0.39 is 9.05 Å². The third-order valence-corrected chi connectivity index (χ3v) is 5.10. The first-order valence-electron chi connectivity index (χ1n) is 6.94. The lowest BCUT2D eigenvalue weighted by Gasteiger charge is -2.21. The highest BCUT2D eigenvalue weighted by molar-refractivity contribution is 9.10. The van der Waals surface area contributed by atoms with Gasteiger partial charge >= 0.3 is 0 Å². The molecule has 120 valence electrons. The fourth-order valence-electron chi connectivity index (χ4n) is 1.99. The van der Waals surface area contributed by atoms with Crippen LogP contribution in [0, 0.1) is 11.8 Å². The molecule has 1 unspecified atom stereocenters. The molecule has 0 aliphatic heterocycles. The Labute approximate surface area is 140 Å². The first-order valence-corrected chi connectivity index (χ1v) is 10.2. The zero-order chi connectivity index (χ0) is 16.2. The summed E-state index contributed by atoms with van der Waals surface area (Å²) < 4.78 is 29.4. The molecule has 0 heterocycles. The van der Waals surface area contributed by atoms with Crippen LogP contribution in [0.3, 0.4) is 0 Å². The molecule has 6 heteroatoms. The van der Waals surface area contributed by atoms with Gasteiger partial charge in [-0.2, -0.15) is 0 Å². The molecule has 1 rings (SSSR count). The molecule has 0 saturated heterocycles. The van der Waals surface area contributed by atoms with Crippen molar-refractivity contribution in [2.45, 2.75) is 33.6 Å². The Morgan fingerprint density at radius 1 is 1.24 bits per heavy atom. The molecular weight excluding hydrogens is 376 g/mol. The molecule has 21 heavy (non-hydrogen) atoms. The molecule has 0 saturated carbocycles. The molecule has 0 aromatic heterocycles. The normalized spacial score (nSPS) is 13.7. The fraction of sp³-hybridized carbons (Fsp3) is 0.600. The van der Waals surface area contributed by atoms with Gasteiger partial charge in [0.2, 0.25) is 9.05 Å². The highest BCUT2D eigenvalue weighted by Gasteiger charge is 2.22. The van der Waals surface area contributed by atoms with Crippen molar-refractivity contribution in [2.75, 3.05) is 12.4 Å². The number of rotatable bonds is 7. The minimum absolute atomic E-state index is 0.0697. The first kappa shape index (κ1) is 18.8. The number of hydrogen-bond donors (Lipinski definition) is 0. The van der Waals surface area contributed by atoms with Crippen LogP contribution < -0.4 is 4.74 Å². The van der Waals surface area contributed by atoms with E-state index in [4.69, 9.17) is 15.4 Å². The van der Waals surface area contributed by atoms with E-state index >= 15 is 0 Å². The molecule has 0 bridgehead atoms. The van der Waals surface area contributed by atoms with E-state index in [1.54, 1.807) is 0 Å². The van der Waals surface area contributed by atoms with Gasteiger partial charge in [0.05, 0.1) is 12.4 Å². The first-order chi connectivity index (χ1) is 9.60. The van der Waals surface area contributed by atoms with Gasteiger partial charge in [-0.15, -0.1) is 0 Å². The van der Waals surface area contributed by atoms with Gasteiger partial charge in [-0.05, 0) is 35.6 Å². The van der Waals surface area contributed by atoms with Crippen LogP contribution in [-0.4, -0.2) is 20.8 Å². The summed E-state index contributed by atoms with van der Waals surface area (Å²) >= 11 is 3.46. The van der Waals surface area contributed by atoms with Crippen molar-refractivity contribution >= 4 is 35.7 Å². The van der Waals surface area contributed by atoms with E-state index in [0.29, 0.717) is 12.5 Å². The molecule has 0 N–H and O–H groups in total. The van der Waals surface area contributed by atoms with E-state index in [2.05, 4.69) is 29.8 Å². The third-order valence-electron chi connectivity index (χ3n) is 3.40. The standard InChI is InChI=1S/C15H22BrClO3S/c1-10(2)12(9-21(17,18)19)8-20-15-6-5-13(16)7-14(15)11(3)4/h5-7,10-12H,8-9H2,1-4H3. The topological polar surface area (TPSA) is 43.4 Å². The Kier molecular flexibility index (Phi) is 7.01. The van der Waals surface area contributed by atoms with Crippen molar-refractivity contribution in [1.29, 1.82) is 0 Å². The number of benzene rings is 1. The van der Waals surface area contributed by atoms with Crippen molar-refractivity contribution < 1.29 is 13.2 Å². The quantitative estimate of drug-likeness (QED) is 0.621. The maximum atomic E-state index is 11.3. The smallest absolute Gasteiger partial charge is 0.233 e. The molecule has 1 atom stereocenters. The summed E-state index contributed by atoms with van der Waals surface area (Å²) in [6, 6.07) is 5.86. The van der Waals surface area contributed by atoms with Crippen LogP contribution in [0.1, 0.15) is 39.2 Å². The minimum Gasteiger partial charge on any atom is -0.493 e. The van der Waals surface area contributed by atoms with Crippen LogP contribution >= 0.6 is 26.6 Å². The highest BCUT2D eigenvalue weighted by atomic mass is 79.9. The van der Waals surface area contributed by atoms with Gasteiger partial charge in [-0.25, -0.2) is 8.42 Å². The molecule has 0 aliphatic carbocycles. The van der Waals surface area contributed by atoms with E-state index in [1.807, 2.05) is 32.0 Å². The molecular formula is C15H22BrClO3S. The van der Waals surface area contributed by atoms with Crippen molar-refractivity contribution in [3.8, 4) is 5.75 Å². The van der Waals surface area contributed by atoms with Crippen LogP contribution in [0.4, 0.5) is 0 Å². The lowest BCUT2D eigenvalue weighted by Crippen LogP contribution is -2.25. The molecule has 1 aromatic rings. The second-order valence-electron chi connectivity index (χ2n) is 5.86. The Balaban J connectivity index is 2.85. The largest absolute Gasteiger partial charge is 0.493 e. The van der Waals surface area contributed by atoms with E-state index in [1.165, 1.54) is 0 Å². The SMILES string of the molecule is CC(C)c1cc(Br)ccc1OCC(CS(=O)(=O)Cl)C(C)C. The molecule has 0 amide bonds. The molecule has 3 nitrogen and oxygen atoms in total. The zero-order valence-electron chi connectivity index (χ0n) is 12.8. The third kappa shape index (κ3) is 6.57. The lowest BCUT2D eigenvalue weighted by molar-refractivity contribution is 0.223. The summed E-state index contributed by atoms with van der Waals surface area (Å²) in [7, 11) is 1.85. The highest BCUT2D eigenvalue weighted by Crippen LogP contribution is 2.30. The predicted octanol–water partition coefficient (Wildman–Crippen LogP) is 4.79. The van der Waals surface area contributed by atoms with Crippen molar-refractivity contribution in [1.82, 2.24) is 0 Å². The number of ether oxygens (including phenoxy) is 1. The van der Waals surface area contributed by atoms with Crippen LogP contribution in [0.25, 0.3) is 0 Å². The van der Waals surface area contributed by atoms with Crippen molar-refractivity contribution in [3.63, 3.8) is 0 Å². The minimum atomic E-state index is -3.52. The number of hydrogen-bond acceptors (Lipinski definition) is 3. The van der Waals surface area contributed by atoms with E-state index in [0.717, 1.165) is 15.8 Å². The van der Waals surface area contributed by atoms with Crippen LogP contribution in [-0.2, 0) is 9.05 Å². The molecule has 0 spiro atoms. The lowest BCUT2D eigenvalue weighted by atomic mass is 9.98. The summed E-state index contributed by atoms with van der Waals surface area (Å²) in [5.74, 6) is 1.10. The van der Waals surface area contributed by atoms with Gasteiger partial charge in [0.1, 0.15) is 5.75 Å². The monoisotopic (exact) mass is 396 g/mol. The van der Waals surface area contributed by atoms with Crippen molar-refractivity contribution in [2.24, 2.45) is 11.8 Å². The Bertz CT molecular complexity index is 570. The summed E-state index contributed by atoms with van der Waals surface area (Å²) in [4.78, 5) is 0. The Morgan fingerprint density at radius 3 is 2.33 bits per heavy atom. The van der Waals surface area contributed by atoms with Crippen LogP contribution in [0.5, 0.6) is 5.75 Å². The Hall–Kier alpha value is -0.260. The fourth-order valence-corrected chi connectivity index (χ4v) is 3.84. The average molecular weight is 398 g/mol. The van der Waals surface area contributed by atoms with Gasteiger partial charge < -0.3 is 4.74 Å². The number of halogens is 2. The Morgan fingerprint density at radius 2 is 1.86 bits per heavy atom. The van der Waals surface area contributed by atoms with E-state index in [9.17, 15) is 8.42 Å². The second kappa shape index (κ2) is 7.84. The second-order valence-corrected chi connectivity index (χ2v) is 9.59. The summed E-state index contributed by atoms with van der Waals surface area (Å²) in [6.07, 6.45) is 0. The zero-order valence-corrected chi connectivity index (χ0v) is 15.9. The molecule has 0 fully saturated rings. The maximum absolute atomic E-state index is 11.3. The van der Waals surface area contributed by atoms with Gasteiger partial charge in [-0.1, -0.05) is 43.6 Å². The summed E-state index contributed by atoms with van der Waals surface area (Å²) in [5, 5.41) is 0. The molecule has 0 aliphatic rings. The summed E-state index contributed by atoms with van der Waals surface area (Å²) in [5.41, 5.74) is 1.10. The van der Waals surface area contributed by atoms with Gasteiger partial charge in [0.25, 0.3) is 0 Å². The van der Waals surface area contributed by atoms with Gasteiger partial charge in [-0.3, -0.25) is 0 Å². The molecule has 1 aromatic carbocycles. The predicted molar refractivity (Wildman–Crippen MR) is 91.7 cm³/mol. The summed E-state index contributed by atoms with van der Waals surface area (Å²) in [6.45, 7) is 8.47. The van der Waals surface area contributed by atoms with Gasteiger partial charge in [0.15, 0.2) is 0 Å². The molecule has 0 radical (unpaired) electrons. The maximum Gasteiger partial charge on any atom is 0.233 e. The van der Waals surface area contributed by atoms with Crippen LogP contribution in [0.2, 0.25) is 0 Å². The van der Waals surface area contributed by atoms with Crippen LogP contribution in [0.15, 0.2) is 22.7 Å².